The van der Waals surface area contributed by atoms with Gasteiger partial charge in [-0.25, -0.2) is 9.97 Å². The third-order valence-electron chi connectivity index (χ3n) is 3.43. The lowest BCUT2D eigenvalue weighted by Crippen LogP contribution is -2.40. The van der Waals surface area contributed by atoms with Crippen LogP contribution in [-0.2, 0) is 0 Å². The molecular formula is C14H19N3O2. The van der Waals surface area contributed by atoms with Gasteiger partial charge in [0, 0.05) is 6.20 Å². The van der Waals surface area contributed by atoms with Gasteiger partial charge in [-0.3, -0.25) is 4.99 Å². The van der Waals surface area contributed by atoms with Crippen LogP contribution in [0.15, 0.2) is 23.6 Å². The molecule has 2 rings (SSSR count). The minimum Gasteiger partial charge on any atom is -0.481 e. The number of aromatic nitrogens is 2. The molecule has 0 saturated carbocycles. The number of ether oxygens (including phenoxy) is 2. The van der Waals surface area contributed by atoms with Gasteiger partial charge in [-0.1, -0.05) is 6.08 Å². The molecule has 0 spiro atoms. The number of hydrogen-bond acceptors (Lipinski definition) is 5. The van der Waals surface area contributed by atoms with Crippen LogP contribution in [0.5, 0.6) is 11.8 Å². The summed E-state index contributed by atoms with van der Waals surface area (Å²) in [6.45, 7) is 5.90. The molecule has 5 nitrogen and oxygen atoms in total. The Bertz CT molecular complexity index is 525. The number of allylic oxidation sites excluding steroid dienone is 1. The van der Waals surface area contributed by atoms with Crippen molar-refractivity contribution < 1.29 is 9.47 Å². The van der Waals surface area contributed by atoms with Gasteiger partial charge in [0.2, 0.25) is 11.8 Å². The van der Waals surface area contributed by atoms with Crippen molar-refractivity contribution in [2.24, 2.45) is 4.99 Å². The highest BCUT2D eigenvalue weighted by atomic mass is 16.5. The van der Waals surface area contributed by atoms with E-state index >= 15 is 0 Å². The van der Waals surface area contributed by atoms with E-state index in [1.54, 1.807) is 7.11 Å². The number of hydrogen-bond donors (Lipinski definition) is 0. The molecule has 0 fully saturated rings. The first kappa shape index (κ1) is 13.5. The molecule has 1 aliphatic rings. The summed E-state index contributed by atoms with van der Waals surface area (Å²) in [5.41, 5.74) is 1.29. The summed E-state index contributed by atoms with van der Waals surface area (Å²) in [6, 6.07) is 0. The molecule has 1 aliphatic heterocycles. The fraction of sp³-hybridized carbons (Fsp3) is 0.500. The van der Waals surface area contributed by atoms with Crippen molar-refractivity contribution in [3.63, 3.8) is 0 Å². The zero-order valence-electron chi connectivity index (χ0n) is 11.8. The van der Waals surface area contributed by atoms with Gasteiger partial charge in [0.25, 0.3) is 0 Å². The highest BCUT2D eigenvalue weighted by Crippen LogP contribution is 2.29. The van der Waals surface area contributed by atoms with Crippen molar-refractivity contribution >= 4 is 5.71 Å². The van der Waals surface area contributed by atoms with Crippen LogP contribution < -0.4 is 9.47 Å². The van der Waals surface area contributed by atoms with E-state index in [2.05, 4.69) is 15.0 Å². The van der Waals surface area contributed by atoms with Gasteiger partial charge in [0.15, 0.2) is 0 Å². The molecule has 102 valence electrons. The van der Waals surface area contributed by atoms with E-state index in [1.165, 1.54) is 6.33 Å². The Balaban J connectivity index is 2.30. The molecule has 19 heavy (non-hydrogen) atoms. The van der Waals surface area contributed by atoms with E-state index in [0.717, 1.165) is 24.1 Å². The molecule has 0 bridgehead atoms. The first-order valence-corrected chi connectivity index (χ1v) is 6.31. The average molecular weight is 261 g/mol. The molecule has 1 aromatic rings. The number of methoxy groups -OCH3 is 1. The third-order valence-corrected chi connectivity index (χ3v) is 3.43. The van der Waals surface area contributed by atoms with Gasteiger partial charge in [-0.2, -0.15) is 0 Å². The maximum Gasteiger partial charge on any atom is 0.224 e. The van der Waals surface area contributed by atoms with Crippen molar-refractivity contribution in [3.05, 3.63) is 24.2 Å². The van der Waals surface area contributed by atoms with Crippen LogP contribution in [0.2, 0.25) is 0 Å². The second-order valence-corrected chi connectivity index (χ2v) is 4.78. The van der Waals surface area contributed by atoms with E-state index in [1.807, 2.05) is 33.0 Å². The molecule has 1 atom stereocenters. The highest BCUT2D eigenvalue weighted by Gasteiger charge is 2.31. The predicted octanol–water partition coefficient (Wildman–Crippen LogP) is 2.70. The first-order valence-electron chi connectivity index (χ1n) is 6.31. The van der Waals surface area contributed by atoms with E-state index in [9.17, 15) is 0 Å². The molecule has 0 aromatic carbocycles. The maximum atomic E-state index is 6.11. The molecule has 5 heteroatoms. The number of rotatable bonds is 3. The molecule has 1 unspecified atom stereocenters. The summed E-state index contributed by atoms with van der Waals surface area (Å²) < 4.78 is 11.3. The second-order valence-electron chi connectivity index (χ2n) is 4.78. The minimum absolute atomic E-state index is 0.451. The van der Waals surface area contributed by atoms with E-state index in [4.69, 9.17) is 9.47 Å². The average Bonchev–Trinajstić information content (AvgIpc) is 2.55. The van der Waals surface area contributed by atoms with Crippen LogP contribution in [0.1, 0.15) is 32.3 Å². The predicted molar refractivity (Wildman–Crippen MR) is 73.8 cm³/mol. The summed E-state index contributed by atoms with van der Waals surface area (Å²) in [6.07, 6.45) is 7.12. The van der Waals surface area contributed by atoms with Crippen LogP contribution in [0, 0.1) is 6.92 Å². The summed E-state index contributed by atoms with van der Waals surface area (Å²) >= 11 is 0. The lowest BCUT2D eigenvalue weighted by molar-refractivity contribution is 0.142. The SMILES string of the molecule is COc1ncnc(OC2(C)CCC=CN=C2C)c1C. The highest BCUT2D eigenvalue weighted by molar-refractivity contribution is 5.91. The molecule has 0 N–H and O–H groups in total. The largest absolute Gasteiger partial charge is 0.481 e. The van der Waals surface area contributed by atoms with Crippen LogP contribution in [0.25, 0.3) is 0 Å². The van der Waals surface area contributed by atoms with Gasteiger partial charge in [-0.15, -0.1) is 0 Å². The maximum absolute atomic E-state index is 6.11. The zero-order chi connectivity index (χ0) is 13.9. The topological polar surface area (TPSA) is 56.6 Å². The van der Waals surface area contributed by atoms with Crippen LogP contribution in [0.3, 0.4) is 0 Å². The summed E-state index contributed by atoms with van der Waals surface area (Å²) in [5.74, 6) is 1.08. The Morgan fingerprint density at radius 3 is 2.68 bits per heavy atom. The van der Waals surface area contributed by atoms with Crippen molar-refractivity contribution in [2.75, 3.05) is 7.11 Å². The Kier molecular flexibility index (Phi) is 3.83. The Morgan fingerprint density at radius 2 is 1.95 bits per heavy atom. The Hall–Kier alpha value is -1.91. The molecule has 0 aliphatic carbocycles. The third kappa shape index (κ3) is 2.75. The Morgan fingerprint density at radius 1 is 1.21 bits per heavy atom. The Labute approximate surface area is 113 Å². The molecule has 0 saturated heterocycles. The minimum atomic E-state index is -0.451. The van der Waals surface area contributed by atoms with Gasteiger partial charge in [0.1, 0.15) is 11.9 Å². The van der Waals surface area contributed by atoms with Gasteiger partial charge in [0.05, 0.1) is 18.4 Å². The van der Waals surface area contributed by atoms with Gasteiger partial charge >= 0.3 is 0 Å². The summed E-state index contributed by atoms with van der Waals surface area (Å²) in [7, 11) is 1.59. The lowest BCUT2D eigenvalue weighted by atomic mass is 9.95. The summed E-state index contributed by atoms with van der Waals surface area (Å²) in [4.78, 5) is 12.6. The van der Waals surface area contributed by atoms with Crippen molar-refractivity contribution in [3.8, 4) is 11.8 Å². The molecule has 1 aromatic heterocycles. The lowest BCUT2D eigenvalue weighted by Gasteiger charge is -2.29. The summed E-state index contributed by atoms with van der Waals surface area (Å²) in [5, 5.41) is 0. The molecule has 2 heterocycles. The second kappa shape index (κ2) is 5.38. The quantitative estimate of drug-likeness (QED) is 0.839. The van der Waals surface area contributed by atoms with Gasteiger partial charge < -0.3 is 9.47 Å². The van der Waals surface area contributed by atoms with E-state index in [-0.39, 0.29) is 0 Å². The van der Waals surface area contributed by atoms with E-state index in [0.29, 0.717) is 11.8 Å². The first-order chi connectivity index (χ1) is 9.07. The van der Waals surface area contributed by atoms with Crippen LogP contribution in [0.4, 0.5) is 0 Å². The fourth-order valence-corrected chi connectivity index (χ4v) is 1.98. The number of nitrogens with zero attached hydrogens (tertiary/aromatic N) is 3. The van der Waals surface area contributed by atoms with Crippen molar-refractivity contribution in [1.82, 2.24) is 9.97 Å². The standard InChI is InChI=1S/C14H19N3O2/c1-10-12(18-4)16-9-17-13(10)19-14(3)7-5-6-8-15-11(14)2/h6,8-9H,5,7H2,1-4H3. The zero-order valence-corrected chi connectivity index (χ0v) is 11.8. The van der Waals surface area contributed by atoms with Crippen LogP contribution in [-0.4, -0.2) is 28.4 Å². The van der Waals surface area contributed by atoms with Gasteiger partial charge in [-0.05, 0) is 33.6 Å². The molecular weight excluding hydrogens is 242 g/mol. The normalized spacial score (nSPS) is 22.6. The van der Waals surface area contributed by atoms with Crippen molar-refractivity contribution in [2.45, 2.75) is 39.2 Å². The number of aliphatic imine (C=N–C) groups is 1. The van der Waals surface area contributed by atoms with E-state index < -0.39 is 5.60 Å². The van der Waals surface area contributed by atoms with Crippen LogP contribution >= 0.6 is 0 Å². The smallest absolute Gasteiger partial charge is 0.224 e. The monoisotopic (exact) mass is 261 g/mol. The molecule has 0 radical (unpaired) electrons. The van der Waals surface area contributed by atoms with Crippen molar-refractivity contribution in [1.29, 1.82) is 0 Å². The molecule has 0 amide bonds. The fourth-order valence-electron chi connectivity index (χ4n) is 1.98.